The first-order valence-electron chi connectivity index (χ1n) is 7.26. The van der Waals surface area contributed by atoms with E-state index in [1.54, 1.807) is 0 Å². The van der Waals surface area contributed by atoms with Gasteiger partial charge in [-0.05, 0) is 45.4 Å². The van der Waals surface area contributed by atoms with Crippen LogP contribution in [0, 0.1) is 5.92 Å². The van der Waals surface area contributed by atoms with Crippen LogP contribution in [-0.2, 0) is 0 Å². The highest BCUT2D eigenvalue weighted by Gasteiger charge is 2.18. The maximum atomic E-state index is 3.69. The van der Waals surface area contributed by atoms with E-state index in [9.17, 15) is 0 Å². The Morgan fingerprint density at radius 2 is 1.94 bits per heavy atom. The van der Waals surface area contributed by atoms with E-state index in [-0.39, 0.29) is 0 Å². The second-order valence-electron chi connectivity index (χ2n) is 5.82. The van der Waals surface area contributed by atoms with E-state index in [2.05, 4.69) is 42.9 Å². The molecule has 0 aromatic rings. The van der Waals surface area contributed by atoms with E-state index in [0.29, 0.717) is 0 Å². The molecule has 1 saturated heterocycles. The molecule has 102 valence electrons. The van der Waals surface area contributed by atoms with Gasteiger partial charge in [0.15, 0.2) is 0 Å². The number of hydrogen-bond acceptors (Lipinski definition) is 3. The summed E-state index contributed by atoms with van der Waals surface area (Å²) in [5, 5.41) is 3.69. The number of nitrogens with zero attached hydrogens (tertiary/aromatic N) is 2. The normalized spacial score (nSPS) is 19.4. The fourth-order valence-electron chi connectivity index (χ4n) is 2.45. The Morgan fingerprint density at radius 1 is 1.29 bits per heavy atom. The van der Waals surface area contributed by atoms with E-state index >= 15 is 0 Å². The van der Waals surface area contributed by atoms with Crippen LogP contribution < -0.4 is 5.32 Å². The monoisotopic (exact) mass is 241 g/mol. The fraction of sp³-hybridized carbons (Fsp3) is 1.00. The molecule has 1 fully saturated rings. The minimum Gasteiger partial charge on any atom is -0.313 e. The van der Waals surface area contributed by atoms with Crippen molar-refractivity contribution in [2.45, 2.75) is 39.7 Å². The van der Waals surface area contributed by atoms with Gasteiger partial charge in [-0.2, -0.15) is 0 Å². The van der Waals surface area contributed by atoms with Gasteiger partial charge in [0.05, 0.1) is 0 Å². The van der Waals surface area contributed by atoms with Crippen molar-refractivity contribution in [2.24, 2.45) is 5.92 Å². The molecule has 0 radical (unpaired) electrons. The van der Waals surface area contributed by atoms with Crippen molar-refractivity contribution in [3.8, 4) is 0 Å². The molecular weight excluding hydrogens is 210 g/mol. The second kappa shape index (κ2) is 8.06. The van der Waals surface area contributed by atoms with Gasteiger partial charge in [-0.3, -0.25) is 0 Å². The molecule has 1 aliphatic heterocycles. The lowest BCUT2D eigenvalue weighted by atomic mass is 10.0. The molecule has 0 aromatic heterocycles. The van der Waals surface area contributed by atoms with Crippen LogP contribution in [0.2, 0.25) is 0 Å². The number of hydrogen-bond donors (Lipinski definition) is 1. The van der Waals surface area contributed by atoms with Crippen molar-refractivity contribution in [2.75, 3.05) is 46.3 Å². The quantitative estimate of drug-likeness (QED) is 0.731. The Balaban J connectivity index is 2.06. The van der Waals surface area contributed by atoms with Crippen LogP contribution in [0.5, 0.6) is 0 Å². The fourth-order valence-corrected chi connectivity index (χ4v) is 2.45. The van der Waals surface area contributed by atoms with Gasteiger partial charge < -0.3 is 15.1 Å². The molecular formula is C14H31N3. The molecule has 0 saturated carbocycles. The van der Waals surface area contributed by atoms with Crippen molar-refractivity contribution in [3.63, 3.8) is 0 Å². The first kappa shape index (κ1) is 14.9. The summed E-state index contributed by atoms with van der Waals surface area (Å²) in [7, 11) is 2.19. The van der Waals surface area contributed by atoms with Crippen LogP contribution in [-0.4, -0.2) is 62.2 Å². The van der Waals surface area contributed by atoms with Gasteiger partial charge in [0.1, 0.15) is 0 Å². The topological polar surface area (TPSA) is 18.5 Å². The third kappa shape index (κ3) is 6.39. The van der Waals surface area contributed by atoms with E-state index in [4.69, 9.17) is 0 Å². The summed E-state index contributed by atoms with van der Waals surface area (Å²) < 4.78 is 0. The maximum absolute atomic E-state index is 3.69. The van der Waals surface area contributed by atoms with E-state index < -0.39 is 0 Å². The van der Waals surface area contributed by atoms with Crippen molar-refractivity contribution in [3.05, 3.63) is 0 Å². The Morgan fingerprint density at radius 3 is 2.47 bits per heavy atom. The van der Waals surface area contributed by atoms with E-state index in [0.717, 1.165) is 25.0 Å². The lowest BCUT2D eigenvalue weighted by molar-refractivity contribution is 0.178. The highest BCUT2D eigenvalue weighted by Crippen LogP contribution is 2.11. The Kier molecular flexibility index (Phi) is 7.09. The summed E-state index contributed by atoms with van der Waals surface area (Å²) in [6.07, 6.45) is 2.64. The highest BCUT2D eigenvalue weighted by molar-refractivity contribution is 4.77. The molecule has 3 heteroatoms. The molecule has 0 unspecified atom stereocenters. The summed E-state index contributed by atoms with van der Waals surface area (Å²) >= 11 is 0. The average Bonchev–Trinajstić information content (AvgIpc) is 2.30. The van der Waals surface area contributed by atoms with Crippen molar-refractivity contribution < 1.29 is 0 Å². The highest BCUT2D eigenvalue weighted by atomic mass is 15.1. The molecule has 1 rings (SSSR count). The Bertz CT molecular complexity index is 186. The third-order valence-corrected chi connectivity index (χ3v) is 3.68. The summed E-state index contributed by atoms with van der Waals surface area (Å²) in [6.45, 7) is 14.1. The van der Waals surface area contributed by atoms with Gasteiger partial charge in [-0.1, -0.05) is 20.8 Å². The predicted molar refractivity (Wildman–Crippen MR) is 75.5 cm³/mol. The van der Waals surface area contributed by atoms with Gasteiger partial charge in [-0.15, -0.1) is 0 Å². The van der Waals surface area contributed by atoms with E-state index in [1.807, 2.05) is 0 Å². The standard InChI is InChI=1S/C14H31N3/c1-5-16(4)11-8-15-14-6-9-17(10-7-14)12-13(2)3/h13-15H,5-12H2,1-4H3. The van der Waals surface area contributed by atoms with Gasteiger partial charge in [0, 0.05) is 25.7 Å². The molecule has 3 nitrogen and oxygen atoms in total. The number of likely N-dealkylation sites (tertiary alicyclic amines) is 1. The van der Waals surface area contributed by atoms with Crippen molar-refractivity contribution in [1.29, 1.82) is 0 Å². The van der Waals surface area contributed by atoms with Crippen LogP contribution in [0.4, 0.5) is 0 Å². The van der Waals surface area contributed by atoms with Crippen LogP contribution in [0.25, 0.3) is 0 Å². The second-order valence-corrected chi connectivity index (χ2v) is 5.82. The Hall–Kier alpha value is -0.120. The zero-order valence-corrected chi connectivity index (χ0v) is 12.2. The molecule has 0 aromatic carbocycles. The Labute approximate surface area is 108 Å². The summed E-state index contributed by atoms with van der Waals surface area (Å²) in [4.78, 5) is 4.97. The summed E-state index contributed by atoms with van der Waals surface area (Å²) in [5.41, 5.74) is 0. The summed E-state index contributed by atoms with van der Waals surface area (Å²) in [5.74, 6) is 0.803. The van der Waals surface area contributed by atoms with Gasteiger partial charge in [-0.25, -0.2) is 0 Å². The minimum absolute atomic E-state index is 0.753. The molecule has 0 bridgehead atoms. The molecule has 0 amide bonds. The third-order valence-electron chi connectivity index (χ3n) is 3.68. The van der Waals surface area contributed by atoms with Crippen LogP contribution in [0.3, 0.4) is 0 Å². The average molecular weight is 241 g/mol. The molecule has 0 spiro atoms. The first-order chi connectivity index (χ1) is 8.11. The zero-order valence-electron chi connectivity index (χ0n) is 12.2. The van der Waals surface area contributed by atoms with Crippen molar-refractivity contribution in [1.82, 2.24) is 15.1 Å². The SMILES string of the molecule is CCN(C)CCNC1CCN(CC(C)C)CC1. The maximum Gasteiger partial charge on any atom is 0.0104 e. The number of likely N-dealkylation sites (N-methyl/N-ethyl adjacent to an activating group) is 1. The first-order valence-corrected chi connectivity index (χ1v) is 7.26. The van der Waals surface area contributed by atoms with Crippen LogP contribution >= 0.6 is 0 Å². The predicted octanol–water partition coefficient (Wildman–Crippen LogP) is 1.65. The minimum atomic E-state index is 0.753. The lowest BCUT2D eigenvalue weighted by Gasteiger charge is -2.33. The van der Waals surface area contributed by atoms with Crippen LogP contribution in [0.15, 0.2) is 0 Å². The zero-order chi connectivity index (χ0) is 12.7. The largest absolute Gasteiger partial charge is 0.313 e. The van der Waals surface area contributed by atoms with Crippen LogP contribution in [0.1, 0.15) is 33.6 Å². The van der Waals surface area contributed by atoms with Gasteiger partial charge in [0.2, 0.25) is 0 Å². The number of piperidine rings is 1. The molecule has 1 aliphatic rings. The smallest absolute Gasteiger partial charge is 0.0104 e. The number of nitrogens with one attached hydrogen (secondary N) is 1. The molecule has 1 heterocycles. The molecule has 0 atom stereocenters. The van der Waals surface area contributed by atoms with Gasteiger partial charge >= 0.3 is 0 Å². The molecule has 17 heavy (non-hydrogen) atoms. The summed E-state index contributed by atoms with van der Waals surface area (Å²) in [6, 6.07) is 0.753. The molecule has 0 aliphatic carbocycles. The van der Waals surface area contributed by atoms with E-state index in [1.165, 1.54) is 39.0 Å². The lowest BCUT2D eigenvalue weighted by Crippen LogP contribution is -2.45. The number of rotatable bonds is 7. The van der Waals surface area contributed by atoms with Crippen molar-refractivity contribution >= 4 is 0 Å². The van der Waals surface area contributed by atoms with Gasteiger partial charge in [0.25, 0.3) is 0 Å². The molecule has 1 N–H and O–H groups in total.